The highest BCUT2D eigenvalue weighted by atomic mass is 16.5. The summed E-state index contributed by atoms with van der Waals surface area (Å²) in [5.74, 6) is -0.221. The van der Waals surface area contributed by atoms with Crippen molar-refractivity contribution < 1.29 is 9.53 Å². The Morgan fingerprint density at radius 1 is 1.57 bits per heavy atom. The van der Waals surface area contributed by atoms with Crippen molar-refractivity contribution in [2.75, 3.05) is 7.11 Å². The van der Waals surface area contributed by atoms with Gasteiger partial charge in [-0.25, -0.2) is 0 Å². The van der Waals surface area contributed by atoms with Gasteiger partial charge in [-0.15, -0.1) is 0 Å². The maximum absolute atomic E-state index is 11.3. The molecule has 14 heavy (non-hydrogen) atoms. The number of hydrogen-bond donors (Lipinski definition) is 0. The third-order valence-corrected chi connectivity index (χ3v) is 1.72. The van der Waals surface area contributed by atoms with Crippen molar-refractivity contribution in [3.63, 3.8) is 0 Å². The van der Waals surface area contributed by atoms with E-state index in [1.165, 1.54) is 7.11 Å². The van der Waals surface area contributed by atoms with Crippen LogP contribution in [0.5, 0.6) is 5.75 Å². The maximum atomic E-state index is 11.3. The molecule has 0 spiro atoms. The van der Waals surface area contributed by atoms with Crippen LogP contribution >= 0.6 is 0 Å². The number of benzene rings is 1. The fourth-order valence-corrected chi connectivity index (χ4v) is 1.08. The Hall–Kier alpha value is -2.00. The molecule has 0 aliphatic heterocycles. The highest BCUT2D eigenvalue weighted by Crippen LogP contribution is 2.20. The third-order valence-electron chi connectivity index (χ3n) is 1.72. The third kappa shape index (κ3) is 2.02. The predicted molar refractivity (Wildman–Crippen MR) is 51.2 cm³/mol. The maximum Gasteiger partial charge on any atom is 0.252 e. The van der Waals surface area contributed by atoms with Crippen molar-refractivity contribution in [1.82, 2.24) is 0 Å². The molecule has 1 amide bonds. The summed E-state index contributed by atoms with van der Waals surface area (Å²) >= 11 is 0. The topological polar surface area (TPSA) is 75.1 Å². The van der Waals surface area contributed by atoms with E-state index >= 15 is 0 Å². The summed E-state index contributed by atoms with van der Waals surface area (Å²) in [4.78, 5) is 13.7. The van der Waals surface area contributed by atoms with Gasteiger partial charge in [-0.05, 0) is 29.7 Å². The highest BCUT2D eigenvalue weighted by molar-refractivity contribution is 5.97. The lowest BCUT2D eigenvalue weighted by Gasteiger charge is -2.05. The lowest BCUT2D eigenvalue weighted by Crippen LogP contribution is -1.98. The summed E-state index contributed by atoms with van der Waals surface area (Å²) in [6, 6.07) is 5.09. The molecule has 1 aromatic rings. The van der Waals surface area contributed by atoms with Crippen LogP contribution in [0.3, 0.4) is 0 Å². The van der Waals surface area contributed by atoms with Crippen LogP contribution in [0.1, 0.15) is 15.9 Å². The van der Waals surface area contributed by atoms with Gasteiger partial charge < -0.3 is 4.74 Å². The largest absolute Gasteiger partial charge is 0.496 e. The Kier molecular flexibility index (Phi) is 3.09. The Labute approximate surface area is 80.9 Å². The first kappa shape index (κ1) is 10.1. The molecule has 1 rings (SSSR count). The van der Waals surface area contributed by atoms with E-state index in [1.54, 1.807) is 12.1 Å². The zero-order valence-electron chi connectivity index (χ0n) is 7.89. The monoisotopic (exact) mass is 191 g/mol. The fraction of sp³-hybridized carbons (Fsp3) is 0.222. The van der Waals surface area contributed by atoms with Crippen LogP contribution in [0.4, 0.5) is 0 Å². The van der Waals surface area contributed by atoms with Gasteiger partial charge in [0, 0.05) is 4.91 Å². The van der Waals surface area contributed by atoms with E-state index in [9.17, 15) is 4.79 Å². The average Bonchev–Trinajstić information content (AvgIpc) is 2.18. The summed E-state index contributed by atoms with van der Waals surface area (Å²) < 4.78 is 4.96. The molecule has 0 N–H and O–H groups in total. The first-order valence-electron chi connectivity index (χ1n) is 3.93. The first-order valence-corrected chi connectivity index (χ1v) is 3.93. The van der Waals surface area contributed by atoms with E-state index in [0.717, 1.165) is 5.56 Å². The number of aryl methyl sites for hydroxylation is 1. The predicted octanol–water partition coefficient (Wildman–Crippen LogP) is 2.45. The minimum Gasteiger partial charge on any atom is -0.496 e. The Morgan fingerprint density at radius 2 is 2.29 bits per heavy atom. The minimum atomic E-state index is -0.631. The molecule has 5 nitrogen and oxygen atoms in total. The van der Waals surface area contributed by atoms with E-state index in [0.29, 0.717) is 5.75 Å². The minimum absolute atomic E-state index is 0.283. The van der Waals surface area contributed by atoms with Crippen molar-refractivity contribution in [1.29, 1.82) is 0 Å². The summed E-state index contributed by atoms with van der Waals surface area (Å²) in [5.41, 5.74) is 9.32. The van der Waals surface area contributed by atoms with Crippen LogP contribution in [0, 0.1) is 6.92 Å². The van der Waals surface area contributed by atoms with Crippen molar-refractivity contribution in [3.8, 4) is 5.75 Å². The second-order valence-electron chi connectivity index (χ2n) is 2.70. The molecule has 1 aromatic carbocycles. The normalized spacial score (nSPS) is 9.00. The Bertz CT molecular complexity index is 409. The lowest BCUT2D eigenvalue weighted by molar-refractivity contribution is 0.0997. The molecule has 0 fully saturated rings. The van der Waals surface area contributed by atoms with Gasteiger partial charge in [0.05, 0.1) is 12.7 Å². The smallest absolute Gasteiger partial charge is 0.252 e. The quantitative estimate of drug-likeness (QED) is 0.409. The van der Waals surface area contributed by atoms with E-state index in [4.69, 9.17) is 10.3 Å². The van der Waals surface area contributed by atoms with Gasteiger partial charge in [0.15, 0.2) is 0 Å². The van der Waals surface area contributed by atoms with Gasteiger partial charge in [0.2, 0.25) is 0 Å². The number of nitrogens with zero attached hydrogens (tertiary/aromatic N) is 3. The molecule has 0 aliphatic carbocycles. The van der Waals surface area contributed by atoms with Gasteiger partial charge in [0.1, 0.15) is 5.75 Å². The number of carbonyl (C=O) groups is 1. The molecule has 0 unspecified atom stereocenters. The van der Waals surface area contributed by atoms with Crippen molar-refractivity contribution in [2.45, 2.75) is 6.92 Å². The number of azide groups is 1. The van der Waals surface area contributed by atoms with Gasteiger partial charge in [0.25, 0.3) is 5.91 Å². The van der Waals surface area contributed by atoms with Crippen LogP contribution in [-0.4, -0.2) is 13.0 Å². The van der Waals surface area contributed by atoms with Crippen LogP contribution < -0.4 is 4.74 Å². The second-order valence-corrected chi connectivity index (χ2v) is 2.70. The van der Waals surface area contributed by atoms with Crippen molar-refractivity contribution in [2.24, 2.45) is 5.11 Å². The van der Waals surface area contributed by atoms with Gasteiger partial charge in [-0.1, -0.05) is 11.6 Å². The van der Waals surface area contributed by atoms with Crippen LogP contribution in [-0.2, 0) is 0 Å². The number of ether oxygens (including phenoxy) is 1. The molecule has 0 bridgehead atoms. The van der Waals surface area contributed by atoms with Crippen LogP contribution in [0.15, 0.2) is 23.3 Å². The van der Waals surface area contributed by atoms with Crippen LogP contribution in [0.25, 0.3) is 10.4 Å². The average molecular weight is 191 g/mol. The molecule has 0 atom stereocenters. The van der Waals surface area contributed by atoms with Gasteiger partial charge in [-0.3, -0.25) is 4.79 Å². The zero-order chi connectivity index (χ0) is 10.6. The SMILES string of the molecule is COc1ccc(C)cc1C(=O)N=[N+]=[N-]. The second kappa shape index (κ2) is 4.30. The molecule has 5 heteroatoms. The molecule has 0 saturated carbocycles. The van der Waals surface area contributed by atoms with Crippen molar-refractivity contribution >= 4 is 5.91 Å². The molecule has 0 heterocycles. The molecule has 72 valence electrons. The molecule has 0 aromatic heterocycles. The highest BCUT2D eigenvalue weighted by Gasteiger charge is 2.09. The van der Waals surface area contributed by atoms with Crippen molar-refractivity contribution in [3.05, 3.63) is 39.8 Å². The van der Waals surface area contributed by atoms with Gasteiger partial charge >= 0.3 is 0 Å². The van der Waals surface area contributed by atoms with Gasteiger partial charge in [-0.2, -0.15) is 0 Å². The summed E-state index contributed by atoms with van der Waals surface area (Å²) in [6.07, 6.45) is 0. The number of carbonyl (C=O) groups excluding carboxylic acids is 1. The zero-order valence-corrected chi connectivity index (χ0v) is 7.89. The fourth-order valence-electron chi connectivity index (χ4n) is 1.08. The van der Waals surface area contributed by atoms with E-state index in [-0.39, 0.29) is 5.56 Å². The van der Waals surface area contributed by atoms with E-state index in [2.05, 4.69) is 10.0 Å². The Morgan fingerprint density at radius 3 is 2.86 bits per heavy atom. The molecule has 0 radical (unpaired) electrons. The van der Waals surface area contributed by atoms with E-state index in [1.807, 2.05) is 13.0 Å². The van der Waals surface area contributed by atoms with Crippen LogP contribution in [0.2, 0.25) is 0 Å². The standard InChI is InChI=1S/C9H9N3O2/c1-6-3-4-8(14-2)7(5-6)9(13)11-12-10/h3-5H,1-2H3. The lowest BCUT2D eigenvalue weighted by atomic mass is 10.1. The summed E-state index contributed by atoms with van der Waals surface area (Å²) in [6.45, 7) is 1.84. The molecule has 0 aliphatic rings. The number of hydrogen-bond acceptors (Lipinski definition) is 2. The molecular formula is C9H9N3O2. The first-order chi connectivity index (χ1) is 6.69. The number of methoxy groups -OCH3 is 1. The molecular weight excluding hydrogens is 182 g/mol. The number of amides is 1. The van der Waals surface area contributed by atoms with E-state index < -0.39 is 5.91 Å². The molecule has 0 saturated heterocycles. The summed E-state index contributed by atoms with van der Waals surface area (Å²) in [7, 11) is 1.46. The Balaban J connectivity index is 3.23. The summed E-state index contributed by atoms with van der Waals surface area (Å²) in [5, 5.41) is 3.01. The number of rotatable bonds is 2.